The molecule has 0 saturated carbocycles. The molecule has 0 saturated heterocycles. The third-order valence-electron chi connectivity index (χ3n) is 2.24. The standard InChI is InChI=1S/C12H15NO5/c1-7(14)11(16)18-12(17)10(13)6-8-2-4-9(15)5-3-8/h2-5,7,10,14-15H,6,13H2,1H3. The molecule has 0 radical (unpaired) electrons. The molecule has 1 aromatic carbocycles. The van der Waals surface area contributed by atoms with Gasteiger partial charge in [-0.1, -0.05) is 12.1 Å². The maximum Gasteiger partial charge on any atom is 0.342 e. The second-order valence-corrected chi connectivity index (χ2v) is 3.89. The topological polar surface area (TPSA) is 110 Å². The highest BCUT2D eigenvalue weighted by atomic mass is 16.6. The first-order chi connectivity index (χ1) is 8.40. The first-order valence-electron chi connectivity index (χ1n) is 5.37. The van der Waals surface area contributed by atoms with Crippen LogP contribution < -0.4 is 5.73 Å². The zero-order chi connectivity index (χ0) is 13.7. The number of esters is 2. The predicted octanol–water partition coefficient (Wildman–Crippen LogP) is -0.287. The van der Waals surface area contributed by atoms with E-state index in [0.717, 1.165) is 5.56 Å². The molecule has 4 N–H and O–H groups in total. The van der Waals surface area contributed by atoms with Crippen molar-refractivity contribution in [2.75, 3.05) is 0 Å². The Hall–Kier alpha value is -1.92. The molecule has 0 aliphatic carbocycles. The largest absolute Gasteiger partial charge is 0.508 e. The Morgan fingerprint density at radius 1 is 1.28 bits per heavy atom. The lowest BCUT2D eigenvalue weighted by atomic mass is 10.1. The molecule has 6 nitrogen and oxygen atoms in total. The lowest BCUT2D eigenvalue weighted by Gasteiger charge is -2.11. The lowest BCUT2D eigenvalue weighted by molar-refractivity contribution is -0.166. The van der Waals surface area contributed by atoms with E-state index in [1.807, 2.05) is 0 Å². The summed E-state index contributed by atoms with van der Waals surface area (Å²) in [5.41, 5.74) is 6.29. The van der Waals surface area contributed by atoms with Crippen LogP contribution in [0.4, 0.5) is 0 Å². The van der Waals surface area contributed by atoms with E-state index in [4.69, 9.17) is 15.9 Å². The number of ether oxygens (including phenoxy) is 1. The van der Waals surface area contributed by atoms with Gasteiger partial charge in [0.25, 0.3) is 0 Å². The number of nitrogens with two attached hydrogens (primary N) is 1. The molecular formula is C12H15NO5. The number of phenolic OH excluding ortho intramolecular Hbond substituents is 1. The third-order valence-corrected chi connectivity index (χ3v) is 2.24. The Kier molecular flexibility index (Phi) is 4.82. The van der Waals surface area contributed by atoms with Crippen LogP contribution in [0.25, 0.3) is 0 Å². The molecule has 0 bridgehead atoms. The Bertz CT molecular complexity index is 427. The van der Waals surface area contributed by atoms with Gasteiger partial charge in [0.05, 0.1) is 0 Å². The molecule has 18 heavy (non-hydrogen) atoms. The van der Waals surface area contributed by atoms with Crippen molar-refractivity contribution in [1.82, 2.24) is 0 Å². The molecule has 2 atom stereocenters. The molecule has 1 aromatic rings. The van der Waals surface area contributed by atoms with Crippen molar-refractivity contribution in [2.24, 2.45) is 5.73 Å². The number of rotatable bonds is 4. The molecule has 0 fully saturated rings. The molecule has 0 heterocycles. The molecule has 6 heteroatoms. The van der Waals surface area contributed by atoms with Gasteiger partial charge in [-0.2, -0.15) is 0 Å². The predicted molar refractivity (Wildman–Crippen MR) is 62.6 cm³/mol. The fraction of sp³-hybridized carbons (Fsp3) is 0.333. The van der Waals surface area contributed by atoms with Crippen molar-refractivity contribution in [2.45, 2.75) is 25.5 Å². The van der Waals surface area contributed by atoms with E-state index in [1.54, 1.807) is 12.1 Å². The van der Waals surface area contributed by atoms with Crippen LogP contribution in [0.5, 0.6) is 5.75 Å². The van der Waals surface area contributed by atoms with Crippen molar-refractivity contribution in [3.05, 3.63) is 29.8 Å². The smallest absolute Gasteiger partial charge is 0.342 e. The average molecular weight is 253 g/mol. The van der Waals surface area contributed by atoms with Gasteiger partial charge in [-0.25, -0.2) is 9.59 Å². The monoisotopic (exact) mass is 253 g/mol. The van der Waals surface area contributed by atoms with E-state index < -0.39 is 24.1 Å². The fourth-order valence-corrected chi connectivity index (χ4v) is 1.23. The van der Waals surface area contributed by atoms with Crippen LogP contribution >= 0.6 is 0 Å². The summed E-state index contributed by atoms with van der Waals surface area (Å²) in [7, 11) is 0. The Morgan fingerprint density at radius 2 is 1.83 bits per heavy atom. The molecule has 0 spiro atoms. The lowest BCUT2D eigenvalue weighted by Crippen LogP contribution is -2.37. The minimum atomic E-state index is -1.37. The minimum Gasteiger partial charge on any atom is -0.508 e. The highest BCUT2D eigenvalue weighted by molar-refractivity contribution is 5.90. The molecule has 0 amide bonds. The van der Waals surface area contributed by atoms with Gasteiger partial charge in [0, 0.05) is 0 Å². The average Bonchev–Trinajstić information content (AvgIpc) is 2.31. The molecular weight excluding hydrogens is 238 g/mol. The van der Waals surface area contributed by atoms with Gasteiger partial charge in [0.2, 0.25) is 0 Å². The minimum absolute atomic E-state index is 0.110. The number of carbonyl (C=O) groups excluding carboxylic acids is 2. The molecule has 0 aliphatic heterocycles. The van der Waals surface area contributed by atoms with Crippen molar-refractivity contribution >= 4 is 11.9 Å². The van der Waals surface area contributed by atoms with Crippen LogP contribution in [-0.4, -0.2) is 34.3 Å². The number of carbonyl (C=O) groups is 2. The second-order valence-electron chi connectivity index (χ2n) is 3.89. The fourth-order valence-electron chi connectivity index (χ4n) is 1.23. The highest BCUT2D eigenvalue weighted by Crippen LogP contribution is 2.11. The molecule has 1 rings (SSSR count). The molecule has 2 unspecified atom stereocenters. The van der Waals surface area contributed by atoms with Gasteiger partial charge in [-0.15, -0.1) is 0 Å². The zero-order valence-electron chi connectivity index (χ0n) is 9.87. The summed E-state index contributed by atoms with van der Waals surface area (Å²) < 4.78 is 4.37. The van der Waals surface area contributed by atoms with Gasteiger partial charge in [0.1, 0.15) is 17.9 Å². The quantitative estimate of drug-likeness (QED) is 0.502. The van der Waals surface area contributed by atoms with Gasteiger partial charge in [-0.3, -0.25) is 0 Å². The zero-order valence-corrected chi connectivity index (χ0v) is 9.87. The Labute approximate surface area is 104 Å². The maximum absolute atomic E-state index is 11.4. The SMILES string of the molecule is CC(O)C(=O)OC(=O)C(N)Cc1ccc(O)cc1. The molecule has 98 valence electrons. The van der Waals surface area contributed by atoms with Crippen molar-refractivity contribution in [1.29, 1.82) is 0 Å². The number of hydrogen-bond donors (Lipinski definition) is 3. The van der Waals surface area contributed by atoms with Gasteiger partial charge >= 0.3 is 11.9 Å². The van der Waals surface area contributed by atoms with Crippen LogP contribution in [0.1, 0.15) is 12.5 Å². The van der Waals surface area contributed by atoms with Gasteiger partial charge in [0.15, 0.2) is 0 Å². The number of aliphatic hydroxyl groups is 1. The third kappa shape index (κ3) is 4.15. The maximum atomic E-state index is 11.4. The van der Waals surface area contributed by atoms with Crippen LogP contribution in [0, 0.1) is 0 Å². The number of aliphatic hydroxyl groups excluding tert-OH is 1. The van der Waals surface area contributed by atoms with Crippen LogP contribution in [0.2, 0.25) is 0 Å². The number of aromatic hydroxyl groups is 1. The molecule has 0 aromatic heterocycles. The van der Waals surface area contributed by atoms with E-state index in [9.17, 15) is 9.59 Å². The Balaban J connectivity index is 2.54. The number of hydrogen-bond acceptors (Lipinski definition) is 6. The second kappa shape index (κ2) is 6.13. The summed E-state index contributed by atoms with van der Waals surface area (Å²) in [5, 5.41) is 18.0. The van der Waals surface area contributed by atoms with E-state index in [2.05, 4.69) is 4.74 Å². The summed E-state index contributed by atoms with van der Waals surface area (Å²) in [5.74, 6) is -1.81. The normalized spacial score (nSPS) is 13.7. The van der Waals surface area contributed by atoms with Crippen molar-refractivity contribution < 1.29 is 24.5 Å². The highest BCUT2D eigenvalue weighted by Gasteiger charge is 2.21. The van der Waals surface area contributed by atoms with Gasteiger partial charge in [-0.05, 0) is 31.0 Å². The summed E-state index contributed by atoms with van der Waals surface area (Å²) in [6.45, 7) is 1.20. The van der Waals surface area contributed by atoms with Crippen molar-refractivity contribution in [3.63, 3.8) is 0 Å². The number of phenols is 1. The summed E-state index contributed by atoms with van der Waals surface area (Å²) in [6, 6.07) is 5.15. The van der Waals surface area contributed by atoms with E-state index >= 15 is 0 Å². The van der Waals surface area contributed by atoms with Gasteiger partial charge < -0.3 is 20.7 Å². The van der Waals surface area contributed by atoms with Crippen LogP contribution in [-0.2, 0) is 20.7 Å². The summed E-state index contributed by atoms with van der Waals surface area (Å²) >= 11 is 0. The first kappa shape index (κ1) is 14.1. The van der Waals surface area contributed by atoms with E-state index in [0.29, 0.717) is 0 Å². The van der Waals surface area contributed by atoms with Crippen molar-refractivity contribution in [3.8, 4) is 5.75 Å². The summed E-state index contributed by atoms with van der Waals surface area (Å²) in [4.78, 5) is 22.4. The number of benzene rings is 1. The Morgan fingerprint density at radius 3 is 2.33 bits per heavy atom. The molecule has 0 aliphatic rings. The van der Waals surface area contributed by atoms with E-state index in [-0.39, 0.29) is 12.2 Å². The summed E-state index contributed by atoms with van der Waals surface area (Å²) in [6.07, 6.45) is -1.19. The van der Waals surface area contributed by atoms with Crippen LogP contribution in [0.3, 0.4) is 0 Å². The van der Waals surface area contributed by atoms with Crippen LogP contribution in [0.15, 0.2) is 24.3 Å². The first-order valence-corrected chi connectivity index (χ1v) is 5.37. The van der Waals surface area contributed by atoms with E-state index in [1.165, 1.54) is 19.1 Å².